The highest BCUT2D eigenvalue weighted by Gasteiger charge is 2.22. The highest BCUT2D eigenvalue weighted by molar-refractivity contribution is 7.11. The van der Waals surface area contributed by atoms with Gasteiger partial charge in [0.2, 0.25) is 5.91 Å². The number of benzene rings is 2. The lowest BCUT2D eigenvalue weighted by Gasteiger charge is -2.28. The molecular weight excluding hydrogens is 550 g/mol. The first-order chi connectivity index (χ1) is 19.3. The summed E-state index contributed by atoms with van der Waals surface area (Å²) < 4.78 is 16.3. The lowest BCUT2D eigenvalue weighted by atomic mass is 10.1. The summed E-state index contributed by atoms with van der Waals surface area (Å²) in [5.74, 6) is 1.16. The molecule has 3 aromatic rings. The molecule has 2 aromatic carbocycles. The smallest absolute Gasteiger partial charge is 0.322 e. The first-order valence-corrected chi connectivity index (χ1v) is 14.5. The lowest BCUT2D eigenvalue weighted by molar-refractivity contribution is -0.132. The normalized spacial score (nSPS) is 10.7. The lowest BCUT2D eigenvalue weighted by Crippen LogP contribution is -2.45. The van der Waals surface area contributed by atoms with Crippen LogP contribution in [0.15, 0.2) is 54.6 Å². The van der Waals surface area contributed by atoms with Gasteiger partial charge in [-0.15, -0.1) is 11.3 Å². The first-order valence-electron chi connectivity index (χ1n) is 13.3. The third-order valence-corrected chi connectivity index (χ3v) is 7.44. The highest BCUT2D eigenvalue weighted by Crippen LogP contribution is 2.28. The van der Waals surface area contributed by atoms with Crippen molar-refractivity contribution < 1.29 is 23.8 Å². The Balaban J connectivity index is 1.76. The van der Waals surface area contributed by atoms with Gasteiger partial charge in [-0.25, -0.2) is 4.79 Å². The van der Waals surface area contributed by atoms with Crippen LogP contribution in [0.3, 0.4) is 0 Å². The Morgan fingerprint density at radius 1 is 0.975 bits per heavy atom. The van der Waals surface area contributed by atoms with Gasteiger partial charge < -0.3 is 29.3 Å². The number of anilines is 1. The molecule has 216 valence electrons. The Morgan fingerprint density at radius 2 is 1.77 bits per heavy atom. The maximum Gasteiger partial charge on any atom is 0.322 e. The van der Waals surface area contributed by atoms with E-state index < -0.39 is 0 Å². The monoisotopic (exact) mass is 587 g/mol. The minimum absolute atomic E-state index is 0.0607. The zero-order valence-electron chi connectivity index (χ0n) is 23.6. The minimum atomic E-state index is -0.362. The number of nitrogens with zero attached hydrogens (tertiary/aromatic N) is 2. The number of amides is 3. The van der Waals surface area contributed by atoms with Crippen LogP contribution in [-0.4, -0.2) is 68.8 Å². The molecule has 0 spiro atoms. The number of thiophene rings is 1. The molecule has 1 aromatic heterocycles. The summed E-state index contributed by atoms with van der Waals surface area (Å²) in [5, 5.41) is 3.39. The summed E-state index contributed by atoms with van der Waals surface area (Å²) >= 11 is 7.76. The van der Waals surface area contributed by atoms with Crippen molar-refractivity contribution in [3.8, 4) is 11.5 Å². The van der Waals surface area contributed by atoms with Crippen LogP contribution >= 0.6 is 22.9 Å². The molecule has 1 N–H and O–H groups in total. The van der Waals surface area contributed by atoms with Gasteiger partial charge in [-0.1, -0.05) is 23.7 Å². The number of urea groups is 1. The van der Waals surface area contributed by atoms with E-state index in [1.54, 1.807) is 49.8 Å². The molecule has 8 nitrogen and oxygen atoms in total. The second-order valence-corrected chi connectivity index (χ2v) is 11.0. The average molecular weight is 588 g/mol. The van der Waals surface area contributed by atoms with E-state index in [0.29, 0.717) is 67.9 Å². The number of methoxy groups -OCH3 is 2. The predicted octanol–water partition coefficient (Wildman–Crippen LogP) is 6.26. The van der Waals surface area contributed by atoms with Crippen LogP contribution in [0.4, 0.5) is 10.5 Å². The summed E-state index contributed by atoms with van der Waals surface area (Å²) in [6, 6.07) is 16.4. The van der Waals surface area contributed by atoms with Crippen LogP contribution in [0.25, 0.3) is 0 Å². The summed E-state index contributed by atoms with van der Waals surface area (Å²) in [5.41, 5.74) is 1.59. The number of carbonyl (C=O) groups is 2. The van der Waals surface area contributed by atoms with E-state index in [2.05, 4.69) is 11.4 Å². The molecule has 3 rings (SSSR count). The molecule has 3 amide bonds. The van der Waals surface area contributed by atoms with E-state index in [9.17, 15) is 9.59 Å². The molecule has 0 saturated heterocycles. The molecule has 0 aliphatic heterocycles. The van der Waals surface area contributed by atoms with Crippen LogP contribution in [0.5, 0.6) is 11.5 Å². The SMILES string of the molecule is CCOCCCN(CC(=O)N(CCc1ccc(OC)c(OC)c1)Cc1ccc(C)s1)C(=O)Nc1cccc(Cl)c1. The van der Waals surface area contributed by atoms with Gasteiger partial charge in [0.1, 0.15) is 6.54 Å². The van der Waals surface area contributed by atoms with Crippen molar-refractivity contribution in [3.05, 3.63) is 74.9 Å². The molecule has 1 heterocycles. The van der Waals surface area contributed by atoms with Crippen molar-refractivity contribution in [3.63, 3.8) is 0 Å². The van der Waals surface area contributed by atoms with Crippen molar-refractivity contribution in [1.29, 1.82) is 0 Å². The van der Waals surface area contributed by atoms with Crippen molar-refractivity contribution >= 4 is 40.6 Å². The Morgan fingerprint density at radius 3 is 2.45 bits per heavy atom. The number of hydrogen-bond acceptors (Lipinski definition) is 6. The van der Waals surface area contributed by atoms with Gasteiger partial charge in [-0.3, -0.25) is 4.79 Å². The molecule has 0 radical (unpaired) electrons. The second kappa shape index (κ2) is 16.1. The van der Waals surface area contributed by atoms with Crippen LogP contribution in [0.2, 0.25) is 5.02 Å². The Hall–Kier alpha value is -3.27. The molecule has 0 bridgehead atoms. The zero-order chi connectivity index (χ0) is 28.9. The number of aryl methyl sites for hydroxylation is 1. The highest BCUT2D eigenvalue weighted by atomic mass is 35.5. The van der Waals surface area contributed by atoms with Gasteiger partial charge >= 0.3 is 6.03 Å². The maximum absolute atomic E-state index is 13.7. The molecule has 0 atom stereocenters. The average Bonchev–Trinajstić information content (AvgIpc) is 3.36. The number of rotatable bonds is 15. The zero-order valence-corrected chi connectivity index (χ0v) is 25.1. The van der Waals surface area contributed by atoms with Gasteiger partial charge in [-0.2, -0.15) is 0 Å². The van der Waals surface area contributed by atoms with E-state index in [0.717, 1.165) is 10.4 Å². The minimum Gasteiger partial charge on any atom is -0.493 e. The number of nitrogens with one attached hydrogen (secondary N) is 1. The Labute approximate surface area is 245 Å². The number of carbonyl (C=O) groups excluding carboxylic acids is 2. The van der Waals surface area contributed by atoms with E-state index >= 15 is 0 Å². The summed E-state index contributed by atoms with van der Waals surface area (Å²) in [7, 11) is 3.20. The summed E-state index contributed by atoms with van der Waals surface area (Å²) in [6.45, 7) is 6.33. The molecule has 40 heavy (non-hydrogen) atoms. The summed E-state index contributed by atoms with van der Waals surface area (Å²) in [6.07, 6.45) is 1.23. The quantitative estimate of drug-likeness (QED) is 0.212. The third kappa shape index (κ3) is 9.73. The maximum atomic E-state index is 13.7. The van der Waals surface area contributed by atoms with Gasteiger partial charge in [0.15, 0.2) is 11.5 Å². The molecule has 0 fully saturated rings. The van der Waals surface area contributed by atoms with Crippen molar-refractivity contribution in [2.75, 3.05) is 52.4 Å². The molecule has 0 unspecified atom stereocenters. The van der Waals surface area contributed by atoms with Crippen molar-refractivity contribution in [1.82, 2.24) is 9.80 Å². The predicted molar refractivity (Wildman–Crippen MR) is 161 cm³/mol. The van der Waals surface area contributed by atoms with Crippen LogP contribution in [-0.2, 0) is 22.5 Å². The van der Waals surface area contributed by atoms with Crippen LogP contribution in [0, 0.1) is 6.92 Å². The second-order valence-electron chi connectivity index (χ2n) is 9.18. The van der Waals surface area contributed by atoms with Crippen LogP contribution in [0.1, 0.15) is 28.7 Å². The largest absolute Gasteiger partial charge is 0.493 e. The fourth-order valence-electron chi connectivity index (χ4n) is 4.14. The Kier molecular flexibility index (Phi) is 12.6. The van der Waals surface area contributed by atoms with Crippen molar-refractivity contribution in [2.45, 2.75) is 33.2 Å². The first kappa shape index (κ1) is 31.3. The van der Waals surface area contributed by atoms with E-state index in [4.69, 9.17) is 25.8 Å². The third-order valence-electron chi connectivity index (χ3n) is 6.22. The van der Waals surface area contributed by atoms with Gasteiger partial charge in [0.25, 0.3) is 0 Å². The van der Waals surface area contributed by atoms with Gasteiger partial charge in [0.05, 0.1) is 20.8 Å². The molecule has 0 aliphatic carbocycles. The van der Waals surface area contributed by atoms with Crippen molar-refractivity contribution in [2.24, 2.45) is 0 Å². The van der Waals surface area contributed by atoms with E-state index in [1.165, 1.54) is 9.78 Å². The van der Waals surface area contributed by atoms with Gasteiger partial charge in [0, 0.05) is 46.8 Å². The molecule has 10 heteroatoms. The fourth-order valence-corrected chi connectivity index (χ4v) is 5.23. The standard InChI is InChI=1S/C30H38ClN3O5S/c1-5-39-17-7-15-34(30(36)32-25-9-6-8-24(31)19-25)21-29(35)33(20-26-12-10-22(2)40-26)16-14-23-11-13-27(37-3)28(18-23)38-4/h6,8-13,18-19H,5,7,14-17,20-21H2,1-4H3,(H,32,36). The number of ether oxygens (including phenoxy) is 3. The fraction of sp³-hybridized carbons (Fsp3) is 0.400. The molecule has 0 aliphatic rings. The molecule has 0 saturated carbocycles. The van der Waals surface area contributed by atoms with Crippen LogP contribution < -0.4 is 14.8 Å². The summed E-state index contributed by atoms with van der Waals surface area (Å²) in [4.78, 5) is 32.6. The topological polar surface area (TPSA) is 80.3 Å². The van der Waals surface area contributed by atoms with E-state index in [1.807, 2.05) is 43.0 Å². The van der Waals surface area contributed by atoms with E-state index in [-0.39, 0.29) is 18.5 Å². The number of halogens is 1. The Bertz CT molecular complexity index is 1250. The molecular formula is C30H38ClN3O5S. The van der Waals surface area contributed by atoms with Gasteiger partial charge in [-0.05, 0) is 74.7 Å². The number of hydrogen-bond donors (Lipinski definition) is 1.